The minimum atomic E-state index is -0.596. The summed E-state index contributed by atoms with van der Waals surface area (Å²) in [7, 11) is 3.08. The number of esters is 1. The van der Waals surface area contributed by atoms with E-state index in [-0.39, 0.29) is 17.6 Å². The number of carbonyl (C=O) groups excluding carboxylic acids is 2. The van der Waals surface area contributed by atoms with Gasteiger partial charge in [0.05, 0.1) is 37.5 Å². The summed E-state index contributed by atoms with van der Waals surface area (Å²) in [5.41, 5.74) is 3.78. The van der Waals surface area contributed by atoms with Crippen molar-refractivity contribution >= 4 is 23.0 Å². The number of carbonyl (C=O) groups is 2. The lowest BCUT2D eigenvalue weighted by Crippen LogP contribution is -2.53. The minimum Gasteiger partial charge on any atom is -0.496 e. The third kappa shape index (κ3) is 5.28. The van der Waals surface area contributed by atoms with E-state index in [2.05, 4.69) is 4.90 Å². The summed E-state index contributed by atoms with van der Waals surface area (Å²) in [5, 5.41) is 0.970. The molecular formula is C31H38N2O6. The van der Waals surface area contributed by atoms with Crippen molar-refractivity contribution in [3.05, 3.63) is 64.8 Å². The Morgan fingerprint density at radius 3 is 2.41 bits per heavy atom. The van der Waals surface area contributed by atoms with Crippen LogP contribution < -0.4 is 4.74 Å². The fraction of sp³-hybridized carbons (Fsp3) is 0.484. The number of nitrogens with zero attached hydrogens (tertiary/aromatic N) is 2. The van der Waals surface area contributed by atoms with Gasteiger partial charge in [0.15, 0.2) is 0 Å². The van der Waals surface area contributed by atoms with Crippen LogP contribution in [0.5, 0.6) is 5.75 Å². The van der Waals surface area contributed by atoms with Crippen LogP contribution in [0.3, 0.4) is 0 Å². The number of benzene rings is 2. The van der Waals surface area contributed by atoms with Crippen molar-refractivity contribution in [2.24, 2.45) is 0 Å². The molecule has 2 aliphatic heterocycles. The zero-order chi connectivity index (χ0) is 27.9. The lowest BCUT2D eigenvalue weighted by Gasteiger charge is -2.51. The molecule has 2 fully saturated rings. The van der Waals surface area contributed by atoms with Crippen LogP contribution in [0.1, 0.15) is 73.1 Å². The molecule has 1 aromatic heterocycles. The fourth-order valence-electron chi connectivity index (χ4n) is 5.89. The number of aryl methyl sites for hydroxylation is 1. The second-order valence-corrected chi connectivity index (χ2v) is 11.6. The van der Waals surface area contributed by atoms with Crippen molar-refractivity contribution in [1.29, 1.82) is 0 Å². The summed E-state index contributed by atoms with van der Waals surface area (Å²) >= 11 is 0. The van der Waals surface area contributed by atoms with Crippen LogP contribution in [0.4, 0.5) is 4.79 Å². The minimum absolute atomic E-state index is 0.0884. The zero-order valence-corrected chi connectivity index (χ0v) is 23.7. The second kappa shape index (κ2) is 10.3. The van der Waals surface area contributed by atoms with Gasteiger partial charge in [-0.2, -0.15) is 0 Å². The first kappa shape index (κ1) is 27.2. The Bertz CT molecular complexity index is 1380. The van der Waals surface area contributed by atoms with Gasteiger partial charge < -0.3 is 18.9 Å². The SMILES string of the molecule is COC(=O)c1ccc(C2CC3(CCO3)CCN2Cc2c(OC)cc(C)c3c2ccn3C(=O)OC(C)(C)C)cc1. The van der Waals surface area contributed by atoms with Crippen LogP contribution in [0, 0.1) is 6.92 Å². The average Bonchev–Trinajstić information content (AvgIpc) is 3.34. The van der Waals surface area contributed by atoms with Crippen molar-refractivity contribution in [1.82, 2.24) is 9.47 Å². The molecule has 1 spiro atoms. The van der Waals surface area contributed by atoms with E-state index < -0.39 is 11.7 Å². The number of likely N-dealkylation sites (tertiary alicyclic amines) is 1. The number of methoxy groups -OCH3 is 2. The van der Waals surface area contributed by atoms with Crippen molar-refractivity contribution < 1.29 is 28.5 Å². The van der Waals surface area contributed by atoms with Crippen LogP contribution in [0.25, 0.3) is 10.9 Å². The first-order valence-electron chi connectivity index (χ1n) is 13.5. The topological polar surface area (TPSA) is 79.2 Å². The highest BCUT2D eigenvalue weighted by Crippen LogP contribution is 2.46. The molecule has 0 amide bonds. The molecule has 2 saturated heterocycles. The standard InChI is InChI=1S/C31H38N2O6/c1-20-17-26(36-5)24(23-11-14-33(27(20)23)29(35)39-30(2,3)4)19-32-15-12-31(13-16-38-31)18-25(32)21-7-9-22(10-8-21)28(34)37-6/h7-11,14,17,25H,12-13,15-16,18-19H2,1-6H3. The van der Waals surface area contributed by atoms with Gasteiger partial charge in [-0.25, -0.2) is 9.59 Å². The van der Waals surface area contributed by atoms with Gasteiger partial charge in [-0.3, -0.25) is 9.47 Å². The summed E-state index contributed by atoms with van der Waals surface area (Å²) in [6.45, 7) is 9.88. The van der Waals surface area contributed by atoms with Gasteiger partial charge in [0.1, 0.15) is 11.4 Å². The van der Waals surface area contributed by atoms with Gasteiger partial charge in [0.2, 0.25) is 0 Å². The average molecular weight is 535 g/mol. The van der Waals surface area contributed by atoms with Crippen molar-refractivity contribution in [2.75, 3.05) is 27.4 Å². The lowest BCUT2D eigenvalue weighted by atomic mass is 9.78. The van der Waals surface area contributed by atoms with Gasteiger partial charge in [-0.1, -0.05) is 12.1 Å². The van der Waals surface area contributed by atoms with Crippen LogP contribution >= 0.6 is 0 Å². The number of hydrogen-bond acceptors (Lipinski definition) is 7. The molecule has 8 heteroatoms. The quantitative estimate of drug-likeness (QED) is 0.370. The molecule has 0 saturated carbocycles. The maximum absolute atomic E-state index is 13.0. The van der Waals surface area contributed by atoms with E-state index in [0.29, 0.717) is 12.1 Å². The van der Waals surface area contributed by atoms with E-state index in [1.165, 1.54) is 7.11 Å². The third-order valence-corrected chi connectivity index (χ3v) is 7.94. The maximum atomic E-state index is 13.0. The van der Waals surface area contributed by atoms with Gasteiger partial charge >= 0.3 is 12.1 Å². The lowest BCUT2D eigenvalue weighted by molar-refractivity contribution is -0.185. The first-order valence-corrected chi connectivity index (χ1v) is 13.5. The molecule has 2 aliphatic rings. The molecule has 3 heterocycles. The summed E-state index contributed by atoms with van der Waals surface area (Å²) in [6, 6.07) is 11.8. The van der Waals surface area contributed by atoms with Gasteiger partial charge in [0.25, 0.3) is 0 Å². The summed E-state index contributed by atoms with van der Waals surface area (Å²) in [6.07, 6.45) is 4.28. The van der Waals surface area contributed by atoms with Gasteiger partial charge in [0, 0.05) is 36.3 Å². The maximum Gasteiger partial charge on any atom is 0.419 e. The Kier molecular flexibility index (Phi) is 7.20. The molecule has 0 aliphatic carbocycles. The molecule has 2 atom stereocenters. The van der Waals surface area contributed by atoms with E-state index in [1.807, 2.05) is 64.1 Å². The first-order chi connectivity index (χ1) is 18.5. The largest absolute Gasteiger partial charge is 0.496 e. The molecule has 2 unspecified atom stereocenters. The van der Waals surface area contributed by atoms with Crippen molar-refractivity contribution in [3.8, 4) is 5.75 Å². The van der Waals surface area contributed by atoms with Crippen molar-refractivity contribution in [3.63, 3.8) is 0 Å². The molecule has 8 nitrogen and oxygen atoms in total. The molecule has 0 bridgehead atoms. The molecule has 3 aromatic rings. The number of hydrogen-bond donors (Lipinski definition) is 0. The fourth-order valence-corrected chi connectivity index (χ4v) is 5.89. The Hall–Kier alpha value is -3.36. The van der Waals surface area contributed by atoms with E-state index in [9.17, 15) is 9.59 Å². The molecule has 0 radical (unpaired) electrons. The van der Waals surface area contributed by atoms with E-state index >= 15 is 0 Å². The van der Waals surface area contributed by atoms with Gasteiger partial charge in [-0.15, -0.1) is 0 Å². The Morgan fingerprint density at radius 2 is 1.82 bits per heavy atom. The highest BCUT2D eigenvalue weighted by molar-refractivity contribution is 5.95. The molecule has 2 aromatic carbocycles. The monoisotopic (exact) mass is 534 g/mol. The van der Waals surface area contributed by atoms with Crippen LogP contribution in [-0.2, 0) is 20.8 Å². The number of ether oxygens (including phenoxy) is 4. The number of fused-ring (bicyclic) bond motifs is 1. The van der Waals surface area contributed by atoms with Crippen LogP contribution in [-0.4, -0.2) is 60.1 Å². The number of rotatable bonds is 5. The molecule has 208 valence electrons. The Morgan fingerprint density at radius 1 is 1.10 bits per heavy atom. The third-order valence-electron chi connectivity index (χ3n) is 7.94. The Balaban J connectivity index is 1.52. The molecule has 39 heavy (non-hydrogen) atoms. The summed E-state index contributed by atoms with van der Waals surface area (Å²) < 4.78 is 24.1. The number of piperidine rings is 1. The van der Waals surface area contributed by atoms with E-state index in [4.69, 9.17) is 18.9 Å². The second-order valence-electron chi connectivity index (χ2n) is 11.6. The predicted octanol–water partition coefficient (Wildman–Crippen LogP) is 6.02. The van der Waals surface area contributed by atoms with Crippen molar-refractivity contribution in [2.45, 2.75) is 70.7 Å². The normalized spacial score (nSPS) is 21.5. The van der Waals surface area contributed by atoms with Crippen LogP contribution in [0.2, 0.25) is 0 Å². The highest BCUT2D eigenvalue weighted by atomic mass is 16.6. The van der Waals surface area contributed by atoms with E-state index in [1.54, 1.807) is 17.9 Å². The zero-order valence-electron chi connectivity index (χ0n) is 23.7. The number of aromatic nitrogens is 1. The van der Waals surface area contributed by atoms with Crippen LogP contribution in [0.15, 0.2) is 42.6 Å². The summed E-state index contributed by atoms with van der Waals surface area (Å²) in [5.74, 6) is 0.448. The molecule has 5 rings (SSSR count). The predicted molar refractivity (Wildman–Crippen MR) is 148 cm³/mol. The van der Waals surface area contributed by atoms with Gasteiger partial charge in [-0.05, 0) is 82.3 Å². The molecule has 0 N–H and O–H groups in total. The van der Waals surface area contributed by atoms with E-state index in [0.717, 1.165) is 65.8 Å². The smallest absolute Gasteiger partial charge is 0.419 e. The highest BCUT2D eigenvalue weighted by Gasteiger charge is 2.45. The molecular weight excluding hydrogens is 496 g/mol. The summed E-state index contributed by atoms with van der Waals surface area (Å²) in [4.78, 5) is 27.5. The Labute approximate surface area is 229 Å².